The first kappa shape index (κ1) is 14.3. The van der Waals surface area contributed by atoms with Gasteiger partial charge in [0.15, 0.2) is 0 Å². The fourth-order valence-electron chi connectivity index (χ4n) is 2.02. The van der Waals surface area contributed by atoms with Crippen LogP contribution in [-0.2, 0) is 5.41 Å². The van der Waals surface area contributed by atoms with Crippen LogP contribution in [0, 0.1) is 5.92 Å². The first-order valence-electron chi connectivity index (χ1n) is 5.42. The van der Waals surface area contributed by atoms with Gasteiger partial charge in [-0.25, -0.2) is 0 Å². The van der Waals surface area contributed by atoms with Crippen molar-refractivity contribution in [3.63, 3.8) is 0 Å². The van der Waals surface area contributed by atoms with Crippen LogP contribution in [0.25, 0.3) is 0 Å². The van der Waals surface area contributed by atoms with Gasteiger partial charge in [-0.05, 0) is 30.0 Å². The number of hydrogen-bond donors (Lipinski definition) is 0. The Labute approximate surface area is 116 Å². The minimum Gasteiger partial charge on any atom is -0.126 e. The molecule has 0 radical (unpaired) electrons. The smallest absolute Gasteiger partial charge is 0.0332 e. The molecule has 1 aromatic rings. The molecule has 0 saturated heterocycles. The fourth-order valence-corrected chi connectivity index (χ4v) is 3.23. The lowest BCUT2D eigenvalue weighted by Crippen LogP contribution is -2.32. The quantitative estimate of drug-likeness (QED) is 0.652. The average molecular weight is 324 g/mol. The van der Waals surface area contributed by atoms with Gasteiger partial charge in [0.2, 0.25) is 0 Å². The van der Waals surface area contributed by atoms with Crippen LogP contribution < -0.4 is 0 Å². The Morgan fingerprint density at radius 1 is 1.25 bits per heavy atom. The van der Waals surface area contributed by atoms with Gasteiger partial charge < -0.3 is 0 Å². The van der Waals surface area contributed by atoms with Gasteiger partial charge in [0.05, 0.1) is 0 Å². The summed E-state index contributed by atoms with van der Waals surface area (Å²) in [7, 11) is 0. The highest BCUT2D eigenvalue weighted by molar-refractivity contribution is 9.10. The Bertz CT molecular complexity index is 332. The summed E-state index contributed by atoms with van der Waals surface area (Å²) in [4.78, 5) is 0. The number of halogens is 3. The predicted molar refractivity (Wildman–Crippen MR) is 76.7 cm³/mol. The zero-order valence-electron chi connectivity index (χ0n) is 9.64. The highest BCUT2D eigenvalue weighted by Gasteiger charge is 2.31. The minimum atomic E-state index is -0.110. The zero-order chi connectivity index (χ0) is 12.2. The van der Waals surface area contributed by atoms with E-state index in [2.05, 4.69) is 41.9 Å². The molecule has 0 saturated carbocycles. The van der Waals surface area contributed by atoms with E-state index in [-0.39, 0.29) is 5.41 Å². The van der Waals surface area contributed by atoms with Crippen LogP contribution >= 0.6 is 39.1 Å². The summed E-state index contributed by atoms with van der Waals surface area (Å²) in [5, 5.41) is 0. The van der Waals surface area contributed by atoms with E-state index in [0.717, 1.165) is 10.9 Å². The molecule has 0 spiro atoms. The maximum atomic E-state index is 6.16. The lowest BCUT2D eigenvalue weighted by Gasteiger charge is -2.32. The second-order valence-electron chi connectivity index (χ2n) is 4.66. The van der Waals surface area contributed by atoms with Gasteiger partial charge in [0.1, 0.15) is 0 Å². The van der Waals surface area contributed by atoms with Crippen LogP contribution in [0.15, 0.2) is 28.7 Å². The molecule has 0 fully saturated rings. The standard InChI is InChI=1S/C13H17BrCl2/c1-10(2)7-13(8-15,9-16)11-4-3-5-12(14)6-11/h3-6,10H,7-9H2,1-2H3. The lowest BCUT2D eigenvalue weighted by molar-refractivity contribution is 0.408. The predicted octanol–water partition coefficient (Wildman–Crippen LogP) is 5.21. The van der Waals surface area contributed by atoms with Crippen molar-refractivity contribution < 1.29 is 0 Å². The van der Waals surface area contributed by atoms with Crippen LogP contribution in [-0.4, -0.2) is 11.8 Å². The van der Waals surface area contributed by atoms with Gasteiger partial charge in [-0.3, -0.25) is 0 Å². The zero-order valence-corrected chi connectivity index (χ0v) is 12.7. The normalized spacial score (nSPS) is 12.1. The molecule has 16 heavy (non-hydrogen) atoms. The molecule has 3 heteroatoms. The fraction of sp³-hybridized carbons (Fsp3) is 0.538. The van der Waals surface area contributed by atoms with Crippen LogP contribution in [0.4, 0.5) is 0 Å². The molecule has 0 amide bonds. The summed E-state index contributed by atoms with van der Waals surface area (Å²) in [5.41, 5.74) is 1.11. The van der Waals surface area contributed by atoms with Crippen molar-refractivity contribution in [1.29, 1.82) is 0 Å². The summed E-state index contributed by atoms with van der Waals surface area (Å²) in [5.74, 6) is 1.70. The van der Waals surface area contributed by atoms with Gasteiger partial charge in [-0.2, -0.15) is 0 Å². The summed E-state index contributed by atoms with van der Waals surface area (Å²) in [6, 6.07) is 8.28. The third-order valence-electron chi connectivity index (χ3n) is 2.75. The largest absolute Gasteiger partial charge is 0.126 e. The Hall–Kier alpha value is 0.280. The molecule has 0 aromatic heterocycles. The number of rotatable bonds is 5. The lowest BCUT2D eigenvalue weighted by atomic mass is 9.77. The highest BCUT2D eigenvalue weighted by Crippen LogP contribution is 2.35. The monoisotopic (exact) mass is 322 g/mol. The summed E-state index contributed by atoms with van der Waals surface area (Å²) >= 11 is 15.8. The molecule has 0 N–H and O–H groups in total. The van der Waals surface area contributed by atoms with E-state index in [4.69, 9.17) is 23.2 Å². The average Bonchev–Trinajstić information content (AvgIpc) is 2.25. The molecule has 0 aliphatic rings. The number of hydrogen-bond acceptors (Lipinski definition) is 0. The van der Waals surface area contributed by atoms with E-state index in [9.17, 15) is 0 Å². The molecule has 1 aromatic carbocycles. The van der Waals surface area contributed by atoms with E-state index in [0.29, 0.717) is 17.7 Å². The van der Waals surface area contributed by atoms with Gasteiger partial charge in [-0.15, -0.1) is 23.2 Å². The second kappa shape index (κ2) is 6.28. The summed E-state index contributed by atoms with van der Waals surface area (Å²) in [6.07, 6.45) is 1.01. The molecule has 0 aliphatic carbocycles. The van der Waals surface area contributed by atoms with Gasteiger partial charge in [0.25, 0.3) is 0 Å². The van der Waals surface area contributed by atoms with Gasteiger partial charge in [-0.1, -0.05) is 41.9 Å². The molecule has 90 valence electrons. The SMILES string of the molecule is CC(C)CC(CCl)(CCl)c1cccc(Br)c1. The Kier molecular flexibility index (Phi) is 5.63. The maximum absolute atomic E-state index is 6.16. The maximum Gasteiger partial charge on any atom is 0.0332 e. The van der Waals surface area contributed by atoms with Crippen molar-refractivity contribution >= 4 is 39.1 Å². The Balaban J connectivity index is 3.09. The molecule has 0 aliphatic heterocycles. The van der Waals surface area contributed by atoms with Gasteiger partial charge >= 0.3 is 0 Å². The Morgan fingerprint density at radius 3 is 2.31 bits per heavy atom. The summed E-state index contributed by atoms with van der Waals surface area (Å²) < 4.78 is 1.08. The van der Waals surface area contributed by atoms with Gasteiger partial charge in [0, 0.05) is 21.6 Å². The molecule has 0 unspecified atom stereocenters. The van der Waals surface area contributed by atoms with E-state index < -0.39 is 0 Å². The van der Waals surface area contributed by atoms with Crippen molar-refractivity contribution in [3.05, 3.63) is 34.3 Å². The highest BCUT2D eigenvalue weighted by atomic mass is 79.9. The van der Waals surface area contributed by atoms with E-state index >= 15 is 0 Å². The third kappa shape index (κ3) is 3.38. The van der Waals surface area contributed by atoms with Crippen LogP contribution in [0.3, 0.4) is 0 Å². The van der Waals surface area contributed by atoms with E-state index in [1.165, 1.54) is 5.56 Å². The minimum absolute atomic E-state index is 0.110. The molecular formula is C13H17BrCl2. The Morgan fingerprint density at radius 2 is 1.88 bits per heavy atom. The molecule has 1 rings (SSSR count). The second-order valence-corrected chi connectivity index (χ2v) is 6.11. The van der Waals surface area contributed by atoms with Crippen molar-refractivity contribution in [2.24, 2.45) is 5.92 Å². The molecular weight excluding hydrogens is 307 g/mol. The molecule has 0 atom stereocenters. The third-order valence-corrected chi connectivity index (χ3v) is 4.26. The van der Waals surface area contributed by atoms with E-state index in [1.54, 1.807) is 0 Å². The van der Waals surface area contributed by atoms with E-state index in [1.807, 2.05) is 12.1 Å². The van der Waals surface area contributed by atoms with Crippen molar-refractivity contribution in [1.82, 2.24) is 0 Å². The van der Waals surface area contributed by atoms with Crippen LogP contribution in [0.1, 0.15) is 25.8 Å². The number of alkyl halides is 2. The van der Waals surface area contributed by atoms with Crippen LogP contribution in [0.2, 0.25) is 0 Å². The number of benzene rings is 1. The molecule has 0 bridgehead atoms. The first-order valence-corrected chi connectivity index (χ1v) is 7.28. The first-order chi connectivity index (χ1) is 7.54. The van der Waals surface area contributed by atoms with Crippen LogP contribution in [0.5, 0.6) is 0 Å². The topological polar surface area (TPSA) is 0 Å². The molecule has 0 heterocycles. The van der Waals surface area contributed by atoms with Crippen molar-refractivity contribution in [2.45, 2.75) is 25.7 Å². The van der Waals surface area contributed by atoms with Crippen molar-refractivity contribution in [2.75, 3.05) is 11.8 Å². The van der Waals surface area contributed by atoms with Crippen molar-refractivity contribution in [3.8, 4) is 0 Å². The summed E-state index contributed by atoms with van der Waals surface area (Å²) in [6.45, 7) is 4.40. The molecule has 0 nitrogen and oxygen atoms in total.